The maximum atomic E-state index is 5.43. The van der Waals surface area contributed by atoms with E-state index in [1.54, 1.807) is 11.3 Å². The molecule has 0 aromatic carbocycles. The van der Waals surface area contributed by atoms with Crippen molar-refractivity contribution in [3.63, 3.8) is 0 Å². The SMILES string of the molecule is CC(CN)Nc1nc(Br)cs1. The van der Waals surface area contributed by atoms with E-state index in [1.165, 1.54) is 0 Å². The van der Waals surface area contributed by atoms with Crippen LogP contribution in [-0.4, -0.2) is 17.6 Å². The monoisotopic (exact) mass is 235 g/mol. The van der Waals surface area contributed by atoms with Gasteiger partial charge in [0.15, 0.2) is 5.13 Å². The number of aromatic nitrogens is 1. The number of rotatable bonds is 3. The van der Waals surface area contributed by atoms with Crippen molar-refractivity contribution in [1.29, 1.82) is 0 Å². The summed E-state index contributed by atoms with van der Waals surface area (Å²) in [6.07, 6.45) is 0. The van der Waals surface area contributed by atoms with E-state index in [1.807, 2.05) is 12.3 Å². The van der Waals surface area contributed by atoms with Crippen LogP contribution >= 0.6 is 27.3 Å². The highest BCUT2D eigenvalue weighted by Gasteiger charge is 2.01. The van der Waals surface area contributed by atoms with E-state index >= 15 is 0 Å². The normalized spacial score (nSPS) is 13.0. The fourth-order valence-corrected chi connectivity index (χ4v) is 1.85. The summed E-state index contributed by atoms with van der Waals surface area (Å²) in [6, 6.07) is 0.285. The molecule has 0 fully saturated rings. The van der Waals surface area contributed by atoms with Gasteiger partial charge in [0, 0.05) is 18.0 Å². The summed E-state index contributed by atoms with van der Waals surface area (Å²) in [4.78, 5) is 4.17. The van der Waals surface area contributed by atoms with Crippen molar-refractivity contribution in [3.05, 3.63) is 9.98 Å². The third-order valence-corrected chi connectivity index (χ3v) is 2.68. The number of anilines is 1. The molecule has 0 radical (unpaired) electrons. The van der Waals surface area contributed by atoms with Gasteiger partial charge in [-0.05, 0) is 22.9 Å². The quantitative estimate of drug-likeness (QED) is 0.839. The zero-order chi connectivity index (χ0) is 8.27. The Morgan fingerprint density at radius 1 is 1.91 bits per heavy atom. The van der Waals surface area contributed by atoms with Crippen molar-refractivity contribution in [2.45, 2.75) is 13.0 Å². The summed E-state index contributed by atoms with van der Waals surface area (Å²) < 4.78 is 0.870. The van der Waals surface area contributed by atoms with Crippen LogP contribution in [0.5, 0.6) is 0 Å². The molecule has 0 amide bonds. The molecular formula is C6H10BrN3S. The molecule has 3 N–H and O–H groups in total. The number of halogens is 1. The van der Waals surface area contributed by atoms with Crippen LogP contribution in [0.15, 0.2) is 9.98 Å². The zero-order valence-corrected chi connectivity index (χ0v) is 8.58. The van der Waals surface area contributed by atoms with Gasteiger partial charge in [0.1, 0.15) is 4.60 Å². The van der Waals surface area contributed by atoms with Crippen LogP contribution < -0.4 is 11.1 Å². The average molecular weight is 236 g/mol. The lowest BCUT2D eigenvalue weighted by Gasteiger charge is -2.08. The Kier molecular flexibility index (Phi) is 3.29. The van der Waals surface area contributed by atoms with Gasteiger partial charge in [-0.1, -0.05) is 0 Å². The van der Waals surface area contributed by atoms with Gasteiger partial charge in [-0.25, -0.2) is 4.98 Å². The minimum Gasteiger partial charge on any atom is -0.358 e. The molecule has 1 unspecified atom stereocenters. The van der Waals surface area contributed by atoms with Gasteiger partial charge in [0.25, 0.3) is 0 Å². The van der Waals surface area contributed by atoms with Gasteiger partial charge in [0.2, 0.25) is 0 Å². The Hall–Kier alpha value is -0.130. The molecule has 1 heterocycles. The van der Waals surface area contributed by atoms with E-state index in [0.717, 1.165) is 9.73 Å². The average Bonchev–Trinajstić information content (AvgIpc) is 2.35. The van der Waals surface area contributed by atoms with Crippen molar-refractivity contribution < 1.29 is 0 Å². The Balaban J connectivity index is 2.50. The van der Waals surface area contributed by atoms with Crippen LogP contribution in [0.1, 0.15) is 6.92 Å². The summed E-state index contributed by atoms with van der Waals surface area (Å²) in [5.74, 6) is 0. The Morgan fingerprint density at radius 2 is 2.64 bits per heavy atom. The van der Waals surface area contributed by atoms with E-state index < -0.39 is 0 Å². The molecule has 0 aliphatic heterocycles. The van der Waals surface area contributed by atoms with Crippen molar-refractivity contribution in [2.75, 3.05) is 11.9 Å². The van der Waals surface area contributed by atoms with E-state index in [2.05, 4.69) is 26.2 Å². The first kappa shape index (κ1) is 8.96. The highest BCUT2D eigenvalue weighted by atomic mass is 79.9. The lowest BCUT2D eigenvalue weighted by molar-refractivity contribution is 0.802. The lowest BCUT2D eigenvalue weighted by Crippen LogP contribution is -2.24. The molecule has 0 aliphatic rings. The van der Waals surface area contributed by atoms with Gasteiger partial charge < -0.3 is 11.1 Å². The molecule has 1 aromatic heterocycles. The second kappa shape index (κ2) is 4.04. The smallest absolute Gasteiger partial charge is 0.183 e. The second-order valence-electron chi connectivity index (χ2n) is 2.26. The van der Waals surface area contributed by atoms with Gasteiger partial charge in [0.05, 0.1) is 0 Å². The largest absolute Gasteiger partial charge is 0.358 e. The fraction of sp³-hybridized carbons (Fsp3) is 0.500. The molecule has 0 saturated heterocycles. The summed E-state index contributed by atoms with van der Waals surface area (Å²) in [7, 11) is 0. The molecule has 0 bridgehead atoms. The van der Waals surface area contributed by atoms with Crippen molar-refractivity contribution >= 4 is 32.4 Å². The van der Waals surface area contributed by atoms with Gasteiger partial charge in [-0.3, -0.25) is 0 Å². The van der Waals surface area contributed by atoms with E-state index in [4.69, 9.17) is 5.73 Å². The first-order valence-electron chi connectivity index (χ1n) is 3.30. The lowest BCUT2D eigenvalue weighted by atomic mass is 10.4. The Labute approximate surface area is 78.1 Å². The summed E-state index contributed by atoms with van der Waals surface area (Å²) in [6.45, 7) is 2.65. The predicted octanol–water partition coefficient (Wildman–Crippen LogP) is 1.66. The van der Waals surface area contributed by atoms with E-state index in [9.17, 15) is 0 Å². The summed E-state index contributed by atoms with van der Waals surface area (Å²) in [5, 5.41) is 6.01. The van der Waals surface area contributed by atoms with Crippen LogP contribution in [-0.2, 0) is 0 Å². The Bertz CT molecular complexity index is 225. The molecule has 62 valence electrons. The number of hydrogen-bond acceptors (Lipinski definition) is 4. The van der Waals surface area contributed by atoms with Crippen molar-refractivity contribution in [1.82, 2.24) is 4.98 Å². The highest BCUT2D eigenvalue weighted by Crippen LogP contribution is 2.19. The topological polar surface area (TPSA) is 50.9 Å². The van der Waals surface area contributed by atoms with Gasteiger partial charge >= 0.3 is 0 Å². The first-order chi connectivity index (χ1) is 5.22. The number of hydrogen-bond donors (Lipinski definition) is 2. The summed E-state index contributed by atoms with van der Waals surface area (Å²) >= 11 is 4.84. The van der Waals surface area contributed by atoms with Crippen LogP contribution in [0.2, 0.25) is 0 Å². The zero-order valence-electron chi connectivity index (χ0n) is 6.17. The number of nitrogens with zero attached hydrogens (tertiary/aromatic N) is 1. The molecule has 0 saturated carbocycles. The van der Waals surface area contributed by atoms with Crippen molar-refractivity contribution in [2.24, 2.45) is 5.73 Å². The first-order valence-corrected chi connectivity index (χ1v) is 4.97. The third kappa shape index (κ3) is 2.76. The molecule has 0 aliphatic carbocycles. The van der Waals surface area contributed by atoms with Gasteiger partial charge in [-0.15, -0.1) is 11.3 Å². The molecule has 0 spiro atoms. The summed E-state index contributed by atoms with van der Waals surface area (Å²) in [5.41, 5.74) is 5.43. The maximum absolute atomic E-state index is 5.43. The van der Waals surface area contributed by atoms with E-state index in [-0.39, 0.29) is 6.04 Å². The van der Waals surface area contributed by atoms with Crippen LogP contribution in [0.25, 0.3) is 0 Å². The molecule has 3 nitrogen and oxygen atoms in total. The molecule has 1 aromatic rings. The predicted molar refractivity (Wildman–Crippen MR) is 52.0 cm³/mol. The standard InChI is InChI=1S/C6H10BrN3S/c1-4(2-8)9-6-10-5(7)3-11-6/h3-4H,2,8H2,1H3,(H,9,10). The minimum atomic E-state index is 0.285. The second-order valence-corrected chi connectivity index (χ2v) is 3.93. The maximum Gasteiger partial charge on any atom is 0.183 e. The molecule has 11 heavy (non-hydrogen) atoms. The molecule has 5 heteroatoms. The van der Waals surface area contributed by atoms with E-state index in [0.29, 0.717) is 6.54 Å². The molecular weight excluding hydrogens is 226 g/mol. The number of thiazole rings is 1. The third-order valence-electron chi connectivity index (χ3n) is 1.20. The van der Waals surface area contributed by atoms with Crippen LogP contribution in [0.4, 0.5) is 5.13 Å². The minimum absolute atomic E-state index is 0.285. The van der Waals surface area contributed by atoms with Gasteiger partial charge in [-0.2, -0.15) is 0 Å². The molecule has 1 rings (SSSR count). The Morgan fingerprint density at radius 3 is 3.09 bits per heavy atom. The fourth-order valence-electron chi connectivity index (χ4n) is 0.590. The molecule has 1 atom stereocenters. The van der Waals surface area contributed by atoms with Crippen LogP contribution in [0, 0.1) is 0 Å². The highest BCUT2D eigenvalue weighted by molar-refractivity contribution is 9.10. The van der Waals surface area contributed by atoms with Crippen molar-refractivity contribution in [3.8, 4) is 0 Å². The number of nitrogens with one attached hydrogen (secondary N) is 1. The van der Waals surface area contributed by atoms with Crippen LogP contribution in [0.3, 0.4) is 0 Å². The number of nitrogens with two attached hydrogens (primary N) is 1.